The van der Waals surface area contributed by atoms with Gasteiger partial charge in [0.05, 0.1) is 18.3 Å². The molecule has 15 atom stereocenters. The molecule has 3 aliphatic rings. The van der Waals surface area contributed by atoms with Crippen LogP contribution in [0.15, 0.2) is 0 Å². The number of hydrogen-bond donors (Lipinski definition) is 8. The molecule has 3 saturated heterocycles. The molecule has 13 heteroatoms. The molecule has 3 heterocycles. The summed E-state index contributed by atoms with van der Waals surface area (Å²) < 4.78 is 26.9. The zero-order valence-electron chi connectivity index (χ0n) is 17.3. The Morgan fingerprint density at radius 2 is 0.903 bits per heavy atom. The number of hydrogen-bond acceptors (Lipinski definition) is 13. The monoisotopic (exact) mass is 456 g/mol. The Labute approximate surface area is 178 Å². The number of ether oxygens (including phenoxy) is 5. The highest BCUT2D eigenvalue weighted by Gasteiger charge is 2.52. The van der Waals surface area contributed by atoms with Crippen LogP contribution in [0.5, 0.6) is 0 Å². The molecule has 0 aliphatic carbocycles. The summed E-state index contributed by atoms with van der Waals surface area (Å²) in [7, 11) is 0. The Kier molecular flexibility index (Phi) is 7.91. The number of aliphatic hydroxyl groups excluding tert-OH is 8. The van der Waals surface area contributed by atoms with E-state index in [1.165, 1.54) is 20.8 Å². The van der Waals surface area contributed by atoms with Crippen LogP contribution in [0.25, 0.3) is 0 Å². The summed E-state index contributed by atoms with van der Waals surface area (Å²) in [5, 5.41) is 81.3. The van der Waals surface area contributed by atoms with Crippen molar-refractivity contribution in [2.24, 2.45) is 0 Å². The largest absolute Gasteiger partial charge is 0.388 e. The van der Waals surface area contributed by atoms with Crippen LogP contribution in [-0.2, 0) is 23.7 Å². The van der Waals surface area contributed by atoms with Crippen molar-refractivity contribution >= 4 is 0 Å². The third-order valence-corrected chi connectivity index (χ3v) is 5.98. The quantitative estimate of drug-likeness (QED) is 0.201. The lowest BCUT2D eigenvalue weighted by Gasteiger charge is -2.47. The van der Waals surface area contributed by atoms with Gasteiger partial charge in [0.25, 0.3) is 0 Å². The number of aliphatic hydroxyl groups is 8. The SMILES string of the molecule is C[C@@H]1O[C@H](O[C@@H]2[C@@H](O)[C@H](C)O[C@H](O[C@@H]3C(O)O[C@H](C)[C@@H](O)[C@@H]3O)[C@@H]2O)[C@H](O)[C@H](O)[C@H]1O. The molecule has 0 aromatic rings. The Bertz CT molecular complexity index is 595. The van der Waals surface area contributed by atoms with Gasteiger partial charge in [0.1, 0.15) is 54.9 Å². The van der Waals surface area contributed by atoms with E-state index in [4.69, 9.17) is 23.7 Å². The maximum atomic E-state index is 10.7. The van der Waals surface area contributed by atoms with Crippen molar-refractivity contribution in [3.8, 4) is 0 Å². The molecule has 3 aliphatic heterocycles. The maximum Gasteiger partial charge on any atom is 0.187 e. The van der Waals surface area contributed by atoms with E-state index in [0.717, 1.165) is 0 Å². The molecule has 3 rings (SSSR count). The van der Waals surface area contributed by atoms with Gasteiger partial charge in [0.2, 0.25) is 0 Å². The molecule has 0 bridgehead atoms. The Morgan fingerprint density at radius 1 is 0.452 bits per heavy atom. The van der Waals surface area contributed by atoms with Crippen LogP contribution >= 0.6 is 0 Å². The minimum absolute atomic E-state index is 0.868. The molecule has 31 heavy (non-hydrogen) atoms. The van der Waals surface area contributed by atoms with Crippen molar-refractivity contribution < 1.29 is 64.5 Å². The maximum absolute atomic E-state index is 10.7. The van der Waals surface area contributed by atoms with Crippen LogP contribution in [0.3, 0.4) is 0 Å². The lowest BCUT2D eigenvalue weighted by molar-refractivity contribution is -0.377. The zero-order valence-corrected chi connectivity index (χ0v) is 17.3. The minimum atomic E-state index is -1.70. The van der Waals surface area contributed by atoms with Gasteiger partial charge < -0.3 is 64.5 Å². The van der Waals surface area contributed by atoms with Crippen molar-refractivity contribution in [2.45, 2.75) is 113 Å². The first-order valence-corrected chi connectivity index (χ1v) is 10.2. The van der Waals surface area contributed by atoms with E-state index < -0.39 is 92.1 Å². The number of rotatable bonds is 4. The fourth-order valence-electron chi connectivity index (χ4n) is 3.87. The minimum Gasteiger partial charge on any atom is -0.388 e. The van der Waals surface area contributed by atoms with Gasteiger partial charge in [-0.3, -0.25) is 0 Å². The molecule has 8 N–H and O–H groups in total. The molecular weight excluding hydrogens is 424 g/mol. The third kappa shape index (κ3) is 4.89. The predicted molar refractivity (Wildman–Crippen MR) is 97.0 cm³/mol. The van der Waals surface area contributed by atoms with Crippen molar-refractivity contribution in [3.63, 3.8) is 0 Å². The van der Waals surface area contributed by atoms with Gasteiger partial charge in [-0.1, -0.05) is 0 Å². The van der Waals surface area contributed by atoms with Gasteiger partial charge in [-0.15, -0.1) is 0 Å². The molecule has 0 spiro atoms. The normalized spacial score (nSPS) is 56.4. The van der Waals surface area contributed by atoms with Crippen molar-refractivity contribution in [1.82, 2.24) is 0 Å². The highest BCUT2D eigenvalue weighted by molar-refractivity contribution is 4.94. The summed E-state index contributed by atoms with van der Waals surface area (Å²) in [4.78, 5) is 0. The molecule has 13 nitrogen and oxygen atoms in total. The van der Waals surface area contributed by atoms with Gasteiger partial charge >= 0.3 is 0 Å². The topological polar surface area (TPSA) is 208 Å². The van der Waals surface area contributed by atoms with Crippen molar-refractivity contribution in [2.75, 3.05) is 0 Å². The highest BCUT2D eigenvalue weighted by Crippen LogP contribution is 2.31. The third-order valence-electron chi connectivity index (χ3n) is 5.98. The second kappa shape index (κ2) is 9.77. The fraction of sp³-hybridized carbons (Fsp3) is 1.00. The summed E-state index contributed by atoms with van der Waals surface area (Å²) in [5.41, 5.74) is 0. The van der Waals surface area contributed by atoms with Gasteiger partial charge in [-0.25, -0.2) is 0 Å². The second-order valence-electron chi connectivity index (χ2n) is 8.29. The van der Waals surface area contributed by atoms with E-state index in [1.807, 2.05) is 0 Å². The first-order chi connectivity index (χ1) is 14.4. The van der Waals surface area contributed by atoms with Gasteiger partial charge in [0.15, 0.2) is 18.9 Å². The van der Waals surface area contributed by atoms with Gasteiger partial charge in [0, 0.05) is 0 Å². The van der Waals surface area contributed by atoms with Crippen molar-refractivity contribution in [1.29, 1.82) is 0 Å². The fourth-order valence-corrected chi connectivity index (χ4v) is 3.87. The van der Waals surface area contributed by atoms with Crippen LogP contribution in [0.1, 0.15) is 20.8 Å². The van der Waals surface area contributed by atoms with Gasteiger partial charge in [-0.05, 0) is 20.8 Å². The van der Waals surface area contributed by atoms with Crippen LogP contribution in [0.2, 0.25) is 0 Å². The first kappa shape index (κ1) is 25.1. The highest BCUT2D eigenvalue weighted by atomic mass is 16.7. The molecular formula is C18H32O13. The van der Waals surface area contributed by atoms with E-state index in [-0.39, 0.29) is 0 Å². The first-order valence-electron chi connectivity index (χ1n) is 10.2. The second-order valence-corrected chi connectivity index (χ2v) is 8.29. The van der Waals surface area contributed by atoms with E-state index in [0.29, 0.717) is 0 Å². The Morgan fingerprint density at radius 3 is 1.52 bits per heavy atom. The summed E-state index contributed by atoms with van der Waals surface area (Å²) in [5.74, 6) is 0. The molecule has 0 aromatic heterocycles. The average Bonchev–Trinajstić information content (AvgIpc) is 2.72. The molecule has 3 fully saturated rings. The Hall–Kier alpha value is -0.520. The van der Waals surface area contributed by atoms with E-state index in [1.54, 1.807) is 0 Å². The lowest BCUT2D eigenvalue weighted by Crippen LogP contribution is -2.65. The summed E-state index contributed by atoms with van der Waals surface area (Å²) in [6.45, 7) is 4.34. The van der Waals surface area contributed by atoms with E-state index in [2.05, 4.69) is 0 Å². The summed E-state index contributed by atoms with van der Waals surface area (Å²) >= 11 is 0. The van der Waals surface area contributed by atoms with Crippen LogP contribution in [0, 0.1) is 0 Å². The Balaban J connectivity index is 1.72. The molecule has 0 radical (unpaired) electrons. The van der Waals surface area contributed by atoms with E-state index in [9.17, 15) is 40.9 Å². The van der Waals surface area contributed by atoms with Crippen molar-refractivity contribution in [3.05, 3.63) is 0 Å². The van der Waals surface area contributed by atoms with Crippen LogP contribution < -0.4 is 0 Å². The average molecular weight is 456 g/mol. The predicted octanol–water partition coefficient (Wildman–Crippen LogP) is -4.49. The molecule has 0 aromatic carbocycles. The van der Waals surface area contributed by atoms with E-state index >= 15 is 0 Å². The summed E-state index contributed by atoms with van der Waals surface area (Å²) in [6.07, 6.45) is -21.0. The van der Waals surface area contributed by atoms with Crippen LogP contribution in [0.4, 0.5) is 0 Å². The standard InChI is InChI=1S/C18H32O13/c1-4-8(20)11(23)15(16(26)27-4)31-18-13(25)14(9(21)6(3)29-18)30-17-12(24)10(22)7(19)5(2)28-17/h4-26H,1-3H3/t4-,5+,6+,7+,8-,9+,10-,11+,12-,13-,14-,15+,16?,17-,18-/m1/s1. The molecule has 0 amide bonds. The molecule has 182 valence electrons. The molecule has 1 unspecified atom stereocenters. The smallest absolute Gasteiger partial charge is 0.187 e. The molecule has 0 saturated carbocycles. The lowest BCUT2D eigenvalue weighted by atomic mass is 9.97. The summed E-state index contributed by atoms with van der Waals surface area (Å²) in [6, 6.07) is 0. The van der Waals surface area contributed by atoms with Crippen LogP contribution in [-0.4, -0.2) is 133 Å². The zero-order chi connectivity index (χ0) is 23.2. The van der Waals surface area contributed by atoms with Gasteiger partial charge in [-0.2, -0.15) is 0 Å².